The summed E-state index contributed by atoms with van der Waals surface area (Å²) in [6.07, 6.45) is -0.129. The molecule has 1 heterocycles. The molecule has 0 bridgehead atoms. The summed E-state index contributed by atoms with van der Waals surface area (Å²) in [5.41, 5.74) is -0.492. The zero-order valence-corrected chi connectivity index (χ0v) is 12.9. The minimum absolute atomic E-state index is 0.0790. The van der Waals surface area contributed by atoms with E-state index in [1.54, 1.807) is 0 Å². The number of halogens is 2. The van der Waals surface area contributed by atoms with Crippen molar-refractivity contribution < 1.29 is 31.5 Å². The van der Waals surface area contributed by atoms with Crippen molar-refractivity contribution in [2.45, 2.75) is 6.42 Å². The maximum atomic E-state index is 13.5. The summed E-state index contributed by atoms with van der Waals surface area (Å²) in [7, 11) is -2.73. The number of amides is 1. The highest BCUT2D eigenvalue weighted by Crippen LogP contribution is 2.30. The summed E-state index contributed by atoms with van der Waals surface area (Å²) in [6.45, 7) is -0.0790. The Morgan fingerprint density at radius 3 is 2.57 bits per heavy atom. The van der Waals surface area contributed by atoms with Gasteiger partial charge in [0.1, 0.15) is 0 Å². The molecule has 0 aromatic heterocycles. The molecule has 0 aliphatic carbocycles. The molecule has 7 nitrogen and oxygen atoms in total. The molecule has 10 heteroatoms. The van der Waals surface area contributed by atoms with Crippen LogP contribution in [0, 0.1) is 17.6 Å². The lowest BCUT2D eigenvalue weighted by atomic mass is 10.1. The standard InChI is InChI=1S/C13H14F2N2O5S/c1-22-13(19)8-3-9(14)10(15)4-11(8)17-5-7(2-12(17)18)6-23(16,20)21/h3-4,7H,2,5-6H2,1H3,(H2,16,20,21). The number of esters is 1. The van der Waals surface area contributed by atoms with Crippen LogP contribution >= 0.6 is 0 Å². The Balaban J connectivity index is 2.40. The molecule has 1 amide bonds. The van der Waals surface area contributed by atoms with Crippen molar-refractivity contribution in [1.82, 2.24) is 0 Å². The summed E-state index contributed by atoms with van der Waals surface area (Å²) in [6, 6.07) is 1.34. The first-order valence-corrected chi connectivity index (χ1v) is 8.22. The van der Waals surface area contributed by atoms with Gasteiger partial charge in [-0.2, -0.15) is 0 Å². The summed E-state index contributed by atoms with van der Waals surface area (Å²) < 4.78 is 53.6. The van der Waals surface area contributed by atoms with Gasteiger partial charge < -0.3 is 9.64 Å². The first kappa shape index (κ1) is 17.3. The van der Waals surface area contributed by atoms with Gasteiger partial charge in [0.2, 0.25) is 15.9 Å². The number of hydrogen-bond donors (Lipinski definition) is 1. The molecule has 1 aromatic carbocycles. The number of nitrogens with two attached hydrogens (primary N) is 1. The highest BCUT2D eigenvalue weighted by molar-refractivity contribution is 7.89. The Bertz CT molecular complexity index is 766. The minimum Gasteiger partial charge on any atom is -0.465 e. The van der Waals surface area contributed by atoms with E-state index in [-0.39, 0.29) is 24.2 Å². The first-order valence-electron chi connectivity index (χ1n) is 6.50. The molecule has 1 aliphatic heterocycles. The van der Waals surface area contributed by atoms with E-state index in [0.29, 0.717) is 12.1 Å². The monoisotopic (exact) mass is 348 g/mol. The van der Waals surface area contributed by atoms with Gasteiger partial charge in [-0.15, -0.1) is 0 Å². The van der Waals surface area contributed by atoms with Gasteiger partial charge in [-0.25, -0.2) is 27.1 Å². The van der Waals surface area contributed by atoms with Crippen molar-refractivity contribution >= 4 is 27.6 Å². The molecule has 0 saturated carbocycles. The van der Waals surface area contributed by atoms with Crippen LogP contribution in [0.2, 0.25) is 0 Å². The van der Waals surface area contributed by atoms with Crippen LogP contribution in [0.5, 0.6) is 0 Å². The SMILES string of the molecule is COC(=O)c1cc(F)c(F)cc1N1CC(CS(N)(=O)=O)CC1=O. The molecule has 1 atom stereocenters. The summed E-state index contributed by atoms with van der Waals surface area (Å²) in [4.78, 5) is 24.8. The molecule has 23 heavy (non-hydrogen) atoms. The van der Waals surface area contributed by atoms with Crippen LogP contribution in [-0.2, 0) is 19.6 Å². The van der Waals surface area contributed by atoms with E-state index < -0.39 is 45.2 Å². The van der Waals surface area contributed by atoms with Crippen molar-refractivity contribution in [3.63, 3.8) is 0 Å². The maximum Gasteiger partial charge on any atom is 0.340 e. The van der Waals surface area contributed by atoms with E-state index >= 15 is 0 Å². The minimum atomic E-state index is -3.79. The Morgan fingerprint density at radius 2 is 2.00 bits per heavy atom. The van der Waals surface area contributed by atoms with E-state index in [1.165, 1.54) is 0 Å². The van der Waals surface area contributed by atoms with Crippen molar-refractivity contribution in [2.24, 2.45) is 11.1 Å². The topological polar surface area (TPSA) is 107 Å². The largest absolute Gasteiger partial charge is 0.465 e. The molecule has 0 radical (unpaired) electrons. The smallest absolute Gasteiger partial charge is 0.340 e. The molecular formula is C13H14F2N2O5S. The second-order valence-electron chi connectivity index (χ2n) is 5.18. The van der Waals surface area contributed by atoms with Crippen LogP contribution in [0.25, 0.3) is 0 Å². The Labute approximate surface area is 131 Å². The first-order chi connectivity index (χ1) is 10.6. The Morgan fingerprint density at radius 1 is 1.39 bits per heavy atom. The van der Waals surface area contributed by atoms with Crippen LogP contribution in [0.1, 0.15) is 16.8 Å². The van der Waals surface area contributed by atoms with Gasteiger partial charge in [-0.1, -0.05) is 0 Å². The number of ether oxygens (including phenoxy) is 1. The summed E-state index contributed by atoms with van der Waals surface area (Å²) in [5.74, 6) is -4.99. The number of carbonyl (C=O) groups excluding carboxylic acids is 2. The highest BCUT2D eigenvalue weighted by atomic mass is 32.2. The zero-order chi connectivity index (χ0) is 17.4. The fourth-order valence-electron chi connectivity index (χ4n) is 2.49. The predicted molar refractivity (Wildman–Crippen MR) is 76.1 cm³/mol. The third-order valence-corrected chi connectivity index (χ3v) is 4.34. The van der Waals surface area contributed by atoms with Crippen LogP contribution in [0.3, 0.4) is 0 Å². The van der Waals surface area contributed by atoms with Gasteiger partial charge in [0.15, 0.2) is 11.6 Å². The third kappa shape index (κ3) is 3.82. The number of sulfonamides is 1. The number of rotatable bonds is 4. The number of hydrogen-bond acceptors (Lipinski definition) is 5. The maximum absolute atomic E-state index is 13.5. The molecular weight excluding hydrogens is 334 g/mol. The molecule has 2 rings (SSSR count). The van der Waals surface area contributed by atoms with Crippen LogP contribution in [0.15, 0.2) is 12.1 Å². The van der Waals surface area contributed by atoms with Gasteiger partial charge in [0.25, 0.3) is 0 Å². The third-order valence-electron chi connectivity index (χ3n) is 3.41. The normalized spacial score (nSPS) is 18.3. The lowest BCUT2D eigenvalue weighted by Crippen LogP contribution is -2.29. The van der Waals surface area contributed by atoms with Crippen molar-refractivity contribution in [2.75, 3.05) is 24.3 Å². The average molecular weight is 348 g/mol. The molecule has 1 saturated heterocycles. The molecule has 1 fully saturated rings. The summed E-state index contributed by atoms with van der Waals surface area (Å²) >= 11 is 0. The lowest BCUT2D eigenvalue weighted by Gasteiger charge is -2.19. The van der Waals surface area contributed by atoms with E-state index in [2.05, 4.69) is 4.74 Å². The van der Waals surface area contributed by atoms with Crippen molar-refractivity contribution in [3.05, 3.63) is 29.3 Å². The summed E-state index contributed by atoms with van der Waals surface area (Å²) in [5, 5.41) is 4.95. The van der Waals surface area contributed by atoms with Crippen molar-refractivity contribution in [1.29, 1.82) is 0 Å². The average Bonchev–Trinajstić information content (AvgIpc) is 2.78. The Kier molecular flexibility index (Phi) is 4.66. The van der Waals surface area contributed by atoms with E-state index in [0.717, 1.165) is 12.0 Å². The lowest BCUT2D eigenvalue weighted by molar-refractivity contribution is -0.117. The molecule has 126 valence electrons. The fourth-order valence-corrected chi connectivity index (χ4v) is 3.37. The molecule has 1 aromatic rings. The second kappa shape index (κ2) is 6.20. The quantitative estimate of drug-likeness (QED) is 0.792. The molecule has 1 unspecified atom stereocenters. The van der Waals surface area contributed by atoms with Crippen molar-refractivity contribution in [3.8, 4) is 0 Å². The number of primary sulfonamides is 1. The number of methoxy groups -OCH3 is 1. The fraction of sp³-hybridized carbons (Fsp3) is 0.385. The second-order valence-corrected chi connectivity index (χ2v) is 6.84. The Hall–Kier alpha value is -2.07. The number of nitrogens with zero attached hydrogens (tertiary/aromatic N) is 1. The predicted octanol–water partition coefficient (Wildman–Crippen LogP) is 0.393. The van der Waals surface area contributed by atoms with Gasteiger partial charge in [-0.05, 0) is 6.07 Å². The van der Waals surface area contributed by atoms with Gasteiger partial charge >= 0.3 is 5.97 Å². The van der Waals surface area contributed by atoms with E-state index in [1.807, 2.05) is 0 Å². The zero-order valence-electron chi connectivity index (χ0n) is 12.1. The van der Waals surface area contributed by atoms with Gasteiger partial charge in [-0.3, -0.25) is 4.79 Å². The molecule has 2 N–H and O–H groups in total. The number of carbonyl (C=O) groups is 2. The highest BCUT2D eigenvalue weighted by Gasteiger charge is 2.35. The van der Waals surface area contributed by atoms with Crippen LogP contribution in [0.4, 0.5) is 14.5 Å². The van der Waals surface area contributed by atoms with Crippen LogP contribution < -0.4 is 10.0 Å². The number of anilines is 1. The molecule has 0 spiro atoms. The molecule has 1 aliphatic rings. The van der Waals surface area contributed by atoms with Gasteiger partial charge in [0, 0.05) is 24.9 Å². The van der Waals surface area contributed by atoms with E-state index in [4.69, 9.17) is 5.14 Å². The van der Waals surface area contributed by atoms with Gasteiger partial charge in [0.05, 0.1) is 24.1 Å². The van der Waals surface area contributed by atoms with Crippen LogP contribution in [-0.4, -0.2) is 39.7 Å². The van der Waals surface area contributed by atoms with E-state index in [9.17, 15) is 26.8 Å². The number of benzene rings is 1.